The van der Waals surface area contributed by atoms with Crippen LogP contribution < -0.4 is 9.47 Å². The highest BCUT2D eigenvalue weighted by molar-refractivity contribution is 5.97. The minimum atomic E-state index is -2.79. The Labute approximate surface area is 491 Å². The van der Waals surface area contributed by atoms with Crippen LogP contribution in [0.15, 0.2) is 84.9 Å². The summed E-state index contributed by atoms with van der Waals surface area (Å²) >= 11 is 0. The van der Waals surface area contributed by atoms with Crippen LogP contribution in [-0.2, 0) is 28.4 Å². The fourth-order valence-corrected chi connectivity index (χ4v) is 8.00. The molecule has 7 aromatic carbocycles. The summed E-state index contributed by atoms with van der Waals surface area (Å²) in [5.74, 6) is -36.4. The molecule has 1 fully saturated rings. The summed E-state index contributed by atoms with van der Waals surface area (Å²) in [7, 11) is 0. The van der Waals surface area contributed by atoms with Gasteiger partial charge in [-0.2, -0.15) is 0 Å². The minimum absolute atomic E-state index is 0.413. The van der Waals surface area contributed by atoms with Gasteiger partial charge in [0.25, 0.3) is 0 Å². The Kier molecular flexibility index (Phi) is 16.9. The number of rotatable bonds is 15. The summed E-state index contributed by atoms with van der Waals surface area (Å²) in [5.41, 5.74) is -6.11. The van der Waals surface area contributed by atoms with Crippen molar-refractivity contribution in [3.8, 4) is 121 Å². The van der Waals surface area contributed by atoms with E-state index in [0.29, 0.717) is 84.9 Å². The van der Waals surface area contributed by atoms with Crippen molar-refractivity contribution in [2.24, 2.45) is 0 Å². The molecule has 0 aromatic heterocycles. The van der Waals surface area contributed by atoms with E-state index in [0.717, 1.165) is 0 Å². The van der Waals surface area contributed by atoms with Crippen LogP contribution in [-0.4, -0.2) is 176 Å². The number of esters is 7. The lowest BCUT2D eigenvalue weighted by Crippen LogP contribution is -2.63. The van der Waals surface area contributed by atoms with Crippen molar-refractivity contribution in [1.29, 1.82) is 0 Å². The number of aromatic hydroxyl groups is 19. The van der Waals surface area contributed by atoms with Crippen LogP contribution in [0.1, 0.15) is 72.5 Å². The standard InChI is InChI=1S/C55H40O34/c56-23-1-16(2-24(57)38(23)68)48(75)82-15-37-45(86-52(79)21-11-33(66)43(73)35(13-21)83-49(76)17-3-25(58)39(69)26(59)4-17)46(87-51(78)19-7-29(62)41(71)30(63)8-19)47(55(85-37)89-54(81)20-9-31(64)42(72)32(65)10-20)88-53(80)22-12-34(67)44(74)36(14-22)84-50(77)18-5-27(60)40(70)28(61)6-18/h1-14,37,45-47,55-74H,15H2/t37-,45-,46+,47-,55+/m1/s1. The van der Waals surface area contributed by atoms with Gasteiger partial charge in [-0.3, -0.25) is 0 Å². The summed E-state index contributed by atoms with van der Waals surface area (Å²) < 4.78 is 44.0. The molecule has 34 nitrogen and oxygen atoms in total. The molecule has 5 atom stereocenters. The Morgan fingerprint density at radius 2 is 0.517 bits per heavy atom. The van der Waals surface area contributed by atoms with Crippen molar-refractivity contribution in [2.45, 2.75) is 30.7 Å². The molecule has 1 aliphatic rings. The zero-order chi connectivity index (χ0) is 65.4. The predicted molar refractivity (Wildman–Crippen MR) is 279 cm³/mol. The quantitative estimate of drug-likeness (QED) is 0.0304. The normalized spacial score (nSPS) is 16.0. The van der Waals surface area contributed by atoms with Crippen LogP contribution in [0.5, 0.6) is 121 Å². The average molecular weight is 1240 g/mol. The van der Waals surface area contributed by atoms with Gasteiger partial charge in [-0.15, -0.1) is 0 Å². The van der Waals surface area contributed by atoms with Gasteiger partial charge in [0.1, 0.15) is 12.7 Å². The molecule has 464 valence electrons. The van der Waals surface area contributed by atoms with Crippen molar-refractivity contribution in [1.82, 2.24) is 0 Å². The molecule has 0 radical (unpaired) electrons. The molecular weight excluding hydrogens is 1200 g/mol. The number of hydrogen-bond acceptors (Lipinski definition) is 34. The summed E-state index contributed by atoms with van der Waals surface area (Å²) in [6.45, 7) is -1.42. The first-order valence-electron chi connectivity index (χ1n) is 24.3. The lowest BCUT2D eigenvalue weighted by molar-refractivity contribution is -0.282. The van der Waals surface area contributed by atoms with Gasteiger partial charge in [-0.05, 0) is 84.9 Å². The average Bonchev–Trinajstić information content (AvgIpc) is 0.841. The van der Waals surface area contributed by atoms with Gasteiger partial charge in [0, 0.05) is 0 Å². The Morgan fingerprint density at radius 1 is 0.281 bits per heavy atom. The highest BCUT2D eigenvalue weighted by atomic mass is 16.7. The van der Waals surface area contributed by atoms with E-state index >= 15 is 0 Å². The van der Waals surface area contributed by atoms with E-state index < -0.39 is 239 Å². The molecule has 8 rings (SSSR count). The van der Waals surface area contributed by atoms with Crippen molar-refractivity contribution < 1.29 is 168 Å². The SMILES string of the molecule is O=C(OC[C@H]1O[C@@H](OC(=O)c2cc(O)c(O)c(O)c2)[C@H](OC(=O)c2cc(O)c(O)c(OC(=O)c3cc(O)c(O)c(O)c3)c2)[C@@H](OC(=O)c2cc(O)c(O)c(O)c2)[C@@H]1OC(=O)c1cc(O)c(O)c(OC(=O)c2cc(O)c(O)c(O)c2)c1)c1cc(O)c(O)c(O)c1. The Hall–Kier alpha value is -13.0. The topological polar surface area (TPSA) is 578 Å². The summed E-state index contributed by atoms with van der Waals surface area (Å²) in [5, 5.41) is 194. The lowest BCUT2D eigenvalue weighted by atomic mass is 9.97. The fourth-order valence-electron chi connectivity index (χ4n) is 8.00. The van der Waals surface area contributed by atoms with E-state index in [2.05, 4.69) is 0 Å². The summed E-state index contributed by atoms with van der Waals surface area (Å²) in [6.07, 6.45) is -13.4. The number of phenolic OH excluding ortho intramolecular Hbond substituents is 19. The molecule has 89 heavy (non-hydrogen) atoms. The van der Waals surface area contributed by atoms with Crippen molar-refractivity contribution in [3.63, 3.8) is 0 Å². The molecule has 0 saturated carbocycles. The van der Waals surface area contributed by atoms with Gasteiger partial charge in [-0.25, -0.2) is 33.6 Å². The maximum Gasteiger partial charge on any atom is 0.343 e. The minimum Gasteiger partial charge on any atom is -0.504 e. The van der Waals surface area contributed by atoms with Crippen molar-refractivity contribution in [2.75, 3.05) is 6.61 Å². The van der Waals surface area contributed by atoms with Crippen LogP contribution in [0.25, 0.3) is 0 Å². The second-order valence-corrected chi connectivity index (χ2v) is 18.4. The van der Waals surface area contributed by atoms with E-state index in [4.69, 9.17) is 37.9 Å². The third-order valence-corrected chi connectivity index (χ3v) is 12.4. The van der Waals surface area contributed by atoms with Gasteiger partial charge in [0.15, 0.2) is 121 Å². The molecule has 7 aromatic rings. The predicted octanol–water partition coefficient (Wildman–Crippen LogP) is 2.95. The molecule has 34 heteroatoms. The first-order chi connectivity index (χ1) is 41.8. The Balaban J connectivity index is 1.28. The van der Waals surface area contributed by atoms with Crippen LogP contribution >= 0.6 is 0 Å². The molecule has 0 bridgehead atoms. The molecule has 0 unspecified atom stereocenters. The molecule has 0 amide bonds. The number of ether oxygens (including phenoxy) is 8. The molecule has 1 heterocycles. The zero-order valence-corrected chi connectivity index (χ0v) is 43.8. The molecule has 1 saturated heterocycles. The number of benzene rings is 7. The van der Waals surface area contributed by atoms with Gasteiger partial charge >= 0.3 is 41.8 Å². The van der Waals surface area contributed by atoms with Crippen LogP contribution in [0.2, 0.25) is 0 Å². The van der Waals surface area contributed by atoms with Gasteiger partial charge < -0.3 is 135 Å². The smallest absolute Gasteiger partial charge is 0.343 e. The number of hydrogen-bond donors (Lipinski definition) is 19. The van der Waals surface area contributed by atoms with Crippen LogP contribution in [0.4, 0.5) is 0 Å². The van der Waals surface area contributed by atoms with Crippen LogP contribution in [0, 0.1) is 0 Å². The van der Waals surface area contributed by atoms with E-state index in [-0.39, 0.29) is 0 Å². The maximum absolute atomic E-state index is 14.6. The Bertz CT molecular complexity index is 3980. The number of carbonyl (C=O) groups excluding carboxylic acids is 7. The monoisotopic (exact) mass is 1240 g/mol. The highest BCUT2D eigenvalue weighted by Crippen LogP contribution is 2.44. The second-order valence-electron chi connectivity index (χ2n) is 18.4. The van der Waals surface area contributed by atoms with Crippen molar-refractivity contribution >= 4 is 41.8 Å². The second kappa shape index (κ2) is 24.3. The van der Waals surface area contributed by atoms with Crippen LogP contribution in [0.3, 0.4) is 0 Å². The molecular formula is C55H40O34. The highest BCUT2D eigenvalue weighted by Gasteiger charge is 2.55. The van der Waals surface area contributed by atoms with E-state index in [1.54, 1.807) is 0 Å². The Morgan fingerprint density at radius 3 is 0.831 bits per heavy atom. The van der Waals surface area contributed by atoms with E-state index in [9.17, 15) is 131 Å². The molecule has 0 spiro atoms. The van der Waals surface area contributed by atoms with Gasteiger partial charge in [0.05, 0.1) is 38.9 Å². The fraction of sp³-hybridized carbons (Fsp3) is 0.109. The number of phenols is 19. The zero-order valence-electron chi connectivity index (χ0n) is 43.8. The molecule has 0 aliphatic carbocycles. The number of carbonyl (C=O) groups is 7. The largest absolute Gasteiger partial charge is 0.504 e. The summed E-state index contributed by atoms with van der Waals surface area (Å²) in [6, 6.07) is 7.02. The third-order valence-electron chi connectivity index (χ3n) is 12.4. The lowest BCUT2D eigenvalue weighted by Gasteiger charge is -2.43. The first-order valence-corrected chi connectivity index (χ1v) is 24.3. The van der Waals surface area contributed by atoms with Crippen molar-refractivity contribution in [3.05, 3.63) is 124 Å². The maximum atomic E-state index is 14.6. The van der Waals surface area contributed by atoms with Gasteiger partial charge in [0.2, 0.25) is 23.9 Å². The third kappa shape index (κ3) is 12.9. The van der Waals surface area contributed by atoms with Gasteiger partial charge in [-0.1, -0.05) is 0 Å². The van der Waals surface area contributed by atoms with E-state index in [1.807, 2.05) is 0 Å². The first kappa shape index (κ1) is 62.0. The molecule has 19 N–H and O–H groups in total. The van der Waals surface area contributed by atoms with E-state index in [1.165, 1.54) is 0 Å². The molecule has 1 aliphatic heterocycles. The summed E-state index contributed by atoms with van der Waals surface area (Å²) in [4.78, 5) is 97.5.